The van der Waals surface area contributed by atoms with Crippen molar-refractivity contribution in [3.63, 3.8) is 0 Å². The molecule has 4 nitrogen and oxygen atoms in total. The van der Waals surface area contributed by atoms with E-state index in [0.717, 1.165) is 19.6 Å². The Hall–Kier alpha value is -0.610. The number of rotatable bonds is 4. The molecule has 1 rings (SSSR count). The van der Waals surface area contributed by atoms with Gasteiger partial charge in [-0.25, -0.2) is 0 Å². The number of hydrogen-bond acceptors (Lipinski definition) is 3. The Bertz CT molecular complexity index is 200. The van der Waals surface area contributed by atoms with Gasteiger partial charge in [0.05, 0.1) is 6.54 Å². The minimum Gasteiger partial charge on any atom is -0.348 e. The molecule has 1 atom stereocenters. The molecule has 15 heavy (non-hydrogen) atoms. The number of carbonyl (C=O) groups excluding carboxylic acids is 1. The minimum atomic E-state index is 0.197. The Balaban J connectivity index is 2.43. The predicted octanol–water partition coefficient (Wildman–Crippen LogP) is 0.149. The summed E-state index contributed by atoms with van der Waals surface area (Å²) in [6, 6.07) is 0.535. The first kappa shape index (κ1) is 12.5. The van der Waals surface area contributed by atoms with Crippen molar-refractivity contribution in [2.75, 3.05) is 40.3 Å². The van der Waals surface area contributed by atoms with Crippen LogP contribution >= 0.6 is 0 Å². The summed E-state index contributed by atoms with van der Waals surface area (Å²) in [5.74, 6) is 0.197. The third kappa shape index (κ3) is 3.80. The Morgan fingerprint density at radius 1 is 1.47 bits per heavy atom. The van der Waals surface area contributed by atoms with Crippen molar-refractivity contribution >= 4 is 5.91 Å². The normalized spacial score (nSPS) is 21.7. The minimum absolute atomic E-state index is 0.197. The van der Waals surface area contributed by atoms with E-state index in [-0.39, 0.29) is 5.91 Å². The number of amides is 1. The van der Waals surface area contributed by atoms with E-state index in [0.29, 0.717) is 12.6 Å². The molecule has 1 aliphatic rings. The molecular weight excluding hydrogens is 190 g/mol. The molecule has 1 N–H and O–H groups in total. The van der Waals surface area contributed by atoms with E-state index in [1.807, 2.05) is 14.1 Å². The molecule has 0 aliphatic carbocycles. The molecule has 1 saturated heterocycles. The van der Waals surface area contributed by atoms with E-state index in [9.17, 15) is 4.79 Å². The summed E-state index contributed by atoms with van der Waals surface area (Å²) in [7, 11) is 3.63. The molecule has 0 bridgehead atoms. The van der Waals surface area contributed by atoms with E-state index >= 15 is 0 Å². The van der Waals surface area contributed by atoms with Crippen LogP contribution in [0.15, 0.2) is 0 Å². The molecule has 1 unspecified atom stereocenters. The number of nitrogens with one attached hydrogen (secondary N) is 1. The van der Waals surface area contributed by atoms with Gasteiger partial charge in [-0.1, -0.05) is 6.92 Å². The van der Waals surface area contributed by atoms with Crippen LogP contribution in [0.2, 0.25) is 0 Å². The van der Waals surface area contributed by atoms with Gasteiger partial charge >= 0.3 is 0 Å². The van der Waals surface area contributed by atoms with E-state index in [2.05, 4.69) is 17.1 Å². The number of carbonyl (C=O) groups is 1. The fraction of sp³-hybridized carbons (Fsp3) is 0.909. The summed E-state index contributed by atoms with van der Waals surface area (Å²) in [6.07, 6.45) is 2.43. The highest BCUT2D eigenvalue weighted by Gasteiger charge is 2.21. The Morgan fingerprint density at radius 3 is 2.67 bits per heavy atom. The van der Waals surface area contributed by atoms with Crippen molar-refractivity contribution in [2.24, 2.45) is 0 Å². The first-order valence-electron chi connectivity index (χ1n) is 5.80. The Kier molecular flexibility index (Phi) is 5.05. The molecular formula is C11H23N3O. The van der Waals surface area contributed by atoms with Crippen molar-refractivity contribution in [1.82, 2.24) is 15.1 Å². The molecule has 0 radical (unpaired) electrons. The molecule has 1 fully saturated rings. The standard InChI is InChI=1S/C11H23N3O/c1-4-14(9-11(15)13(2)3)10-6-5-7-12-8-10/h10,12H,4-9H2,1-3H3. The van der Waals surface area contributed by atoms with Crippen LogP contribution in [0.4, 0.5) is 0 Å². The molecule has 4 heteroatoms. The maximum atomic E-state index is 11.6. The summed E-state index contributed by atoms with van der Waals surface area (Å²) >= 11 is 0. The van der Waals surface area contributed by atoms with Gasteiger partial charge in [0.1, 0.15) is 0 Å². The number of piperidine rings is 1. The van der Waals surface area contributed by atoms with Gasteiger partial charge in [0.25, 0.3) is 0 Å². The first-order chi connectivity index (χ1) is 7.15. The predicted molar refractivity (Wildman–Crippen MR) is 61.8 cm³/mol. The molecule has 0 aromatic carbocycles. The lowest BCUT2D eigenvalue weighted by Crippen LogP contribution is -2.49. The average Bonchev–Trinajstić information content (AvgIpc) is 2.26. The molecule has 0 saturated carbocycles. The van der Waals surface area contributed by atoms with Gasteiger partial charge in [-0.05, 0) is 25.9 Å². The van der Waals surface area contributed by atoms with Crippen molar-refractivity contribution in [3.05, 3.63) is 0 Å². The molecule has 1 aliphatic heterocycles. The molecule has 1 heterocycles. The van der Waals surface area contributed by atoms with Crippen LogP contribution in [-0.4, -0.2) is 62.0 Å². The van der Waals surface area contributed by atoms with Gasteiger partial charge in [0, 0.05) is 26.7 Å². The first-order valence-corrected chi connectivity index (χ1v) is 5.80. The van der Waals surface area contributed by atoms with Crippen LogP contribution in [0.25, 0.3) is 0 Å². The smallest absolute Gasteiger partial charge is 0.236 e. The second-order valence-electron chi connectivity index (χ2n) is 4.35. The zero-order valence-corrected chi connectivity index (χ0v) is 10.1. The van der Waals surface area contributed by atoms with Crippen molar-refractivity contribution < 1.29 is 4.79 Å². The number of hydrogen-bond donors (Lipinski definition) is 1. The topological polar surface area (TPSA) is 35.6 Å². The maximum absolute atomic E-state index is 11.6. The van der Waals surface area contributed by atoms with Gasteiger partial charge < -0.3 is 10.2 Å². The molecule has 88 valence electrons. The highest BCUT2D eigenvalue weighted by molar-refractivity contribution is 5.77. The summed E-state index contributed by atoms with van der Waals surface area (Å²) in [5.41, 5.74) is 0. The van der Waals surface area contributed by atoms with E-state index < -0.39 is 0 Å². The third-order valence-corrected chi connectivity index (χ3v) is 3.03. The van der Waals surface area contributed by atoms with E-state index in [4.69, 9.17) is 0 Å². The van der Waals surface area contributed by atoms with Crippen LogP contribution in [-0.2, 0) is 4.79 Å². The van der Waals surface area contributed by atoms with Crippen LogP contribution in [0.1, 0.15) is 19.8 Å². The van der Waals surface area contributed by atoms with Crippen LogP contribution in [0.5, 0.6) is 0 Å². The van der Waals surface area contributed by atoms with Crippen molar-refractivity contribution in [2.45, 2.75) is 25.8 Å². The van der Waals surface area contributed by atoms with Crippen molar-refractivity contribution in [1.29, 1.82) is 0 Å². The Morgan fingerprint density at radius 2 is 2.20 bits per heavy atom. The van der Waals surface area contributed by atoms with E-state index in [1.54, 1.807) is 4.90 Å². The fourth-order valence-corrected chi connectivity index (χ4v) is 1.96. The molecule has 1 amide bonds. The van der Waals surface area contributed by atoms with Crippen molar-refractivity contribution in [3.8, 4) is 0 Å². The monoisotopic (exact) mass is 213 g/mol. The maximum Gasteiger partial charge on any atom is 0.236 e. The highest BCUT2D eigenvalue weighted by Crippen LogP contribution is 2.09. The van der Waals surface area contributed by atoms with Gasteiger partial charge in [-0.3, -0.25) is 9.69 Å². The number of nitrogens with zero attached hydrogens (tertiary/aromatic N) is 2. The largest absolute Gasteiger partial charge is 0.348 e. The van der Waals surface area contributed by atoms with E-state index in [1.165, 1.54) is 12.8 Å². The SMILES string of the molecule is CCN(CC(=O)N(C)C)C1CCCNC1. The zero-order chi connectivity index (χ0) is 11.3. The van der Waals surface area contributed by atoms with Crippen LogP contribution in [0.3, 0.4) is 0 Å². The lowest BCUT2D eigenvalue weighted by molar-refractivity contribution is -0.130. The van der Waals surface area contributed by atoms with Gasteiger partial charge in [-0.2, -0.15) is 0 Å². The summed E-state index contributed by atoms with van der Waals surface area (Å²) in [5, 5.41) is 3.39. The zero-order valence-electron chi connectivity index (χ0n) is 10.1. The van der Waals surface area contributed by atoms with Crippen LogP contribution in [0, 0.1) is 0 Å². The fourth-order valence-electron chi connectivity index (χ4n) is 1.96. The van der Waals surface area contributed by atoms with Gasteiger partial charge in [0.2, 0.25) is 5.91 Å². The van der Waals surface area contributed by atoms with Gasteiger partial charge in [-0.15, -0.1) is 0 Å². The van der Waals surface area contributed by atoms with Crippen LogP contribution < -0.4 is 5.32 Å². The highest BCUT2D eigenvalue weighted by atomic mass is 16.2. The second kappa shape index (κ2) is 6.08. The lowest BCUT2D eigenvalue weighted by Gasteiger charge is -2.33. The summed E-state index contributed by atoms with van der Waals surface area (Å²) in [4.78, 5) is 15.6. The average molecular weight is 213 g/mol. The second-order valence-corrected chi connectivity index (χ2v) is 4.35. The summed E-state index contributed by atoms with van der Waals surface area (Å²) < 4.78 is 0. The molecule has 0 spiro atoms. The lowest BCUT2D eigenvalue weighted by atomic mass is 10.1. The molecule has 0 aromatic rings. The number of likely N-dealkylation sites (N-methyl/N-ethyl adjacent to an activating group) is 2. The Labute approximate surface area is 92.6 Å². The van der Waals surface area contributed by atoms with Gasteiger partial charge in [0.15, 0.2) is 0 Å². The third-order valence-electron chi connectivity index (χ3n) is 3.03. The molecule has 0 aromatic heterocycles. The quantitative estimate of drug-likeness (QED) is 0.722. The summed E-state index contributed by atoms with van der Waals surface area (Å²) in [6.45, 7) is 5.77.